The van der Waals surface area contributed by atoms with Gasteiger partial charge in [-0.1, -0.05) is 18.2 Å². The Morgan fingerprint density at radius 2 is 2.15 bits per heavy atom. The third-order valence-corrected chi connectivity index (χ3v) is 3.10. The Morgan fingerprint density at radius 1 is 1.35 bits per heavy atom. The highest BCUT2D eigenvalue weighted by Gasteiger charge is 2.14. The number of para-hydroxylation sites is 1. The Bertz CT molecular complexity index is 540. The minimum absolute atomic E-state index is 0.0443. The summed E-state index contributed by atoms with van der Waals surface area (Å²) in [7, 11) is 0. The zero-order valence-corrected chi connectivity index (χ0v) is 11.0. The number of carbonyl (C=O) groups is 1. The smallest absolute Gasteiger partial charge is 0.411 e. The molecule has 20 heavy (non-hydrogen) atoms. The van der Waals surface area contributed by atoms with E-state index in [9.17, 15) is 14.9 Å². The van der Waals surface area contributed by atoms with Gasteiger partial charge in [-0.2, -0.15) is 0 Å². The van der Waals surface area contributed by atoms with Crippen LogP contribution < -0.4 is 5.32 Å². The molecule has 0 bridgehead atoms. The minimum Gasteiger partial charge on any atom is -0.444 e. The van der Waals surface area contributed by atoms with Crippen molar-refractivity contribution in [3.05, 3.63) is 51.7 Å². The summed E-state index contributed by atoms with van der Waals surface area (Å²) >= 11 is 0. The predicted octanol–water partition coefficient (Wildman–Crippen LogP) is 3.28. The molecule has 6 nitrogen and oxygen atoms in total. The van der Waals surface area contributed by atoms with E-state index in [-0.39, 0.29) is 12.3 Å². The molecule has 0 spiro atoms. The fourth-order valence-electron chi connectivity index (χ4n) is 2.07. The molecule has 1 amide bonds. The summed E-state index contributed by atoms with van der Waals surface area (Å²) in [5, 5.41) is 13.5. The lowest BCUT2D eigenvalue weighted by atomic mass is 10.1. The van der Waals surface area contributed by atoms with E-state index in [0.29, 0.717) is 5.56 Å². The van der Waals surface area contributed by atoms with E-state index in [2.05, 4.69) is 5.32 Å². The average molecular weight is 276 g/mol. The van der Waals surface area contributed by atoms with E-state index in [1.54, 1.807) is 18.2 Å². The number of ether oxygens (including phenoxy) is 1. The first-order valence-electron chi connectivity index (χ1n) is 6.52. The maximum Gasteiger partial charge on any atom is 0.411 e. The standard InChI is InChI=1S/C14H16N2O4/c17-14(15-12-7-2-1-3-8-12)20-10-11-6-4-5-9-13(11)16(18)19/h4-7,9H,1-3,8,10H2,(H,15,17). The first-order chi connectivity index (χ1) is 9.66. The van der Waals surface area contributed by atoms with Crippen molar-refractivity contribution in [3.63, 3.8) is 0 Å². The zero-order valence-electron chi connectivity index (χ0n) is 11.0. The van der Waals surface area contributed by atoms with Crippen LogP contribution in [0, 0.1) is 10.1 Å². The van der Waals surface area contributed by atoms with Gasteiger partial charge in [0.05, 0.1) is 10.5 Å². The first-order valence-corrected chi connectivity index (χ1v) is 6.52. The van der Waals surface area contributed by atoms with Gasteiger partial charge in [0.25, 0.3) is 5.69 Å². The average Bonchev–Trinajstić information content (AvgIpc) is 2.46. The molecule has 106 valence electrons. The molecular formula is C14H16N2O4. The molecule has 0 fully saturated rings. The summed E-state index contributed by atoms with van der Waals surface area (Å²) < 4.78 is 5.03. The normalized spacial score (nSPS) is 14.3. The number of nitro benzene ring substituents is 1. The second-order valence-corrected chi connectivity index (χ2v) is 4.56. The molecule has 0 unspecified atom stereocenters. The maximum atomic E-state index is 11.6. The number of hydrogen-bond acceptors (Lipinski definition) is 4. The quantitative estimate of drug-likeness (QED) is 0.675. The van der Waals surface area contributed by atoms with Gasteiger partial charge in [0.2, 0.25) is 0 Å². The molecular weight excluding hydrogens is 260 g/mol. The molecule has 0 atom stereocenters. The summed E-state index contributed by atoms with van der Waals surface area (Å²) in [4.78, 5) is 22.0. The van der Waals surface area contributed by atoms with Gasteiger partial charge in [0.15, 0.2) is 0 Å². The van der Waals surface area contributed by atoms with Crippen molar-refractivity contribution >= 4 is 11.8 Å². The van der Waals surface area contributed by atoms with Crippen molar-refractivity contribution in [1.82, 2.24) is 5.32 Å². The number of hydrogen-bond donors (Lipinski definition) is 1. The van der Waals surface area contributed by atoms with Gasteiger partial charge in [-0.3, -0.25) is 15.4 Å². The number of rotatable bonds is 4. The molecule has 2 rings (SSSR count). The third kappa shape index (κ3) is 3.81. The molecule has 0 aromatic heterocycles. The van der Waals surface area contributed by atoms with Crippen molar-refractivity contribution in [2.24, 2.45) is 0 Å². The van der Waals surface area contributed by atoms with Gasteiger partial charge < -0.3 is 4.74 Å². The number of amides is 1. The lowest BCUT2D eigenvalue weighted by molar-refractivity contribution is -0.385. The van der Waals surface area contributed by atoms with Crippen LogP contribution in [-0.2, 0) is 11.3 Å². The van der Waals surface area contributed by atoms with Crippen molar-refractivity contribution in [2.45, 2.75) is 32.3 Å². The lowest BCUT2D eigenvalue weighted by Gasteiger charge is -2.13. The molecule has 0 heterocycles. The molecule has 1 aromatic carbocycles. The Hall–Kier alpha value is -2.37. The van der Waals surface area contributed by atoms with Crippen LogP contribution in [0.3, 0.4) is 0 Å². The highest BCUT2D eigenvalue weighted by atomic mass is 16.6. The summed E-state index contributed by atoms with van der Waals surface area (Å²) in [5.74, 6) is 0. The molecule has 0 saturated heterocycles. The molecule has 0 aliphatic heterocycles. The highest BCUT2D eigenvalue weighted by Crippen LogP contribution is 2.19. The van der Waals surface area contributed by atoms with E-state index >= 15 is 0 Å². The molecule has 6 heteroatoms. The van der Waals surface area contributed by atoms with Crippen LogP contribution in [0.5, 0.6) is 0 Å². The van der Waals surface area contributed by atoms with Crippen LogP contribution in [0.15, 0.2) is 36.0 Å². The van der Waals surface area contributed by atoms with E-state index in [1.165, 1.54) is 6.07 Å². The number of carbonyl (C=O) groups excluding carboxylic acids is 1. The number of alkyl carbamates (subject to hydrolysis) is 1. The largest absolute Gasteiger partial charge is 0.444 e. The van der Waals surface area contributed by atoms with Crippen LogP contribution in [0.4, 0.5) is 10.5 Å². The van der Waals surface area contributed by atoms with Gasteiger partial charge >= 0.3 is 6.09 Å². The van der Waals surface area contributed by atoms with Gasteiger partial charge in [-0.15, -0.1) is 0 Å². The summed E-state index contributed by atoms with van der Waals surface area (Å²) in [6.45, 7) is -0.115. The molecule has 1 N–H and O–H groups in total. The van der Waals surface area contributed by atoms with Crippen LogP contribution in [-0.4, -0.2) is 11.0 Å². The molecule has 1 aliphatic carbocycles. The second kappa shape index (κ2) is 6.70. The monoisotopic (exact) mass is 276 g/mol. The number of nitrogens with zero attached hydrogens (tertiary/aromatic N) is 1. The summed E-state index contributed by atoms with van der Waals surface area (Å²) in [6, 6.07) is 6.22. The van der Waals surface area contributed by atoms with Crippen molar-refractivity contribution in [1.29, 1.82) is 0 Å². The van der Waals surface area contributed by atoms with E-state index in [4.69, 9.17) is 4.74 Å². The van der Waals surface area contributed by atoms with E-state index in [0.717, 1.165) is 31.4 Å². The second-order valence-electron chi connectivity index (χ2n) is 4.56. The molecule has 1 aromatic rings. The molecule has 1 aliphatic rings. The maximum absolute atomic E-state index is 11.6. The first kappa shape index (κ1) is 14.0. The molecule has 0 saturated carbocycles. The summed E-state index contributed by atoms with van der Waals surface area (Å²) in [5.41, 5.74) is 1.20. The zero-order chi connectivity index (χ0) is 14.4. The Balaban J connectivity index is 1.90. The third-order valence-electron chi connectivity index (χ3n) is 3.10. The number of allylic oxidation sites excluding steroid dienone is 2. The number of nitro groups is 1. The summed E-state index contributed by atoms with van der Waals surface area (Å²) in [6.07, 6.45) is 5.39. The van der Waals surface area contributed by atoms with Gasteiger partial charge in [-0.25, -0.2) is 4.79 Å². The van der Waals surface area contributed by atoms with Crippen LogP contribution in [0.25, 0.3) is 0 Å². The molecule has 0 radical (unpaired) electrons. The van der Waals surface area contributed by atoms with Crippen molar-refractivity contribution in [2.75, 3.05) is 0 Å². The van der Waals surface area contributed by atoms with Crippen LogP contribution >= 0.6 is 0 Å². The van der Waals surface area contributed by atoms with Gasteiger partial charge in [0.1, 0.15) is 6.61 Å². The Labute approximate surface area is 116 Å². The predicted molar refractivity (Wildman–Crippen MR) is 73.0 cm³/mol. The van der Waals surface area contributed by atoms with Gasteiger partial charge in [-0.05, 0) is 31.7 Å². The van der Waals surface area contributed by atoms with Gasteiger partial charge in [0, 0.05) is 11.8 Å². The Morgan fingerprint density at radius 3 is 2.85 bits per heavy atom. The van der Waals surface area contributed by atoms with Crippen molar-refractivity contribution < 1.29 is 14.5 Å². The number of nitrogens with one attached hydrogen (secondary N) is 1. The van der Waals surface area contributed by atoms with Crippen LogP contribution in [0.1, 0.15) is 31.2 Å². The fourth-order valence-corrected chi connectivity index (χ4v) is 2.07. The SMILES string of the molecule is O=C(NC1=CCCCC1)OCc1ccccc1[N+](=O)[O-]. The lowest BCUT2D eigenvalue weighted by Crippen LogP contribution is -2.24. The highest BCUT2D eigenvalue weighted by molar-refractivity contribution is 5.69. The Kier molecular flexibility index (Phi) is 4.70. The topological polar surface area (TPSA) is 81.5 Å². The van der Waals surface area contributed by atoms with Crippen molar-refractivity contribution in [3.8, 4) is 0 Å². The fraction of sp³-hybridized carbons (Fsp3) is 0.357. The van der Waals surface area contributed by atoms with E-state index in [1.807, 2.05) is 6.08 Å². The minimum atomic E-state index is -0.573. The van der Waals surface area contributed by atoms with E-state index < -0.39 is 11.0 Å². The number of benzene rings is 1. The van der Waals surface area contributed by atoms with Crippen LogP contribution in [0.2, 0.25) is 0 Å².